The minimum absolute atomic E-state index is 0.349. The van der Waals surface area contributed by atoms with Crippen molar-refractivity contribution in [2.24, 2.45) is 5.92 Å². The van der Waals surface area contributed by atoms with E-state index in [0.29, 0.717) is 24.8 Å². The van der Waals surface area contributed by atoms with Crippen LogP contribution in [0.4, 0.5) is 0 Å². The molecular formula is C17H22N2O2. The van der Waals surface area contributed by atoms with Crippen molar-refractivity contribution in [3.05, 3.63) is 58.4 Å². The molecule has 0 saturated heterocycles. The molecule has 2 rings (SSSR count). The van der Waals surface area contributed by atoms with Crippen LogP contribution in [0.5, 0.6) is 0 Å². The van der Waals surface area contributed by atoms with Gasteiger partial charge in [0.25, 0.3) is 0 Å². The Bertz CT molecular complexity index is 624. The van der Waals surface area contributed by atoms with Gasteiger partial charge in [-0.15, -0.1) is 5.10 Å². The molecule has 4 nitrogen and oxygen atoms in total. The number of hydrogen-bond acceptors (Lipinski definition) is 3. The fourth-order valence-corrected chi connectivity index (χ4v) is 2.07. The maximum absolute atomic E-state index is 11.6. The van der Waals surface area contributed by atoms with Crippen LogP contribution in [0.25, 0.3) is 6.08 Å². The summed E-state index contributed by atoms with van der Waals surface area (Å²) in [4.78, 5) is 11.6. The largest absolute Gasteiger partial charge is 0.437 e. The van der Waals surface area contributed by atoms with Crippen LogP contribution in [-0.4, -0.2) is 9.78 Å². The molecule has 0 saturated carbocycles. The first-order valence-corrected chi connectivity index (χ1v) is 7.43. The first-order chi connectivity index (χ1) is 10.1. The van der Waals surface area contributed by atoms with Gasteiger partial charge >= 0.3 is 5.76 Å². The molecule has 0 N–H and O–H groups in total. The topological polar surface area (TPSA) is 48.0 Å². The lowest BCUT2D eigenvalue weighted by Crippen LogP contribution is -2.18. The summed E-state index contributed by atoms with van der Waals surface area (Å²) in [6.07, 6.45) is 6.80. The second-order valence-electron chi connectivity index (χ2n) is 5.54. The molecule has 0 aliphatic carbocycles. The number of allylic oxidation sites excluding steroid dienone is 1. The maximum atomic E-state index is 11.6. The molecule has 0 bridgehead atoms. The molecule has 0 radical (unpaired) electrons. The Morgan fingerprint density at radius 2 is 2.05 bits per heavy atom. The van der Waals surface area contributed by atoms with Crippen molar-refractivity contribution in [2.75, 3.05) is 0 Å². The predicted octanol–water partition coefficient (Wildman–Crippen LogP) is 3.53. The van der Waals surface area contributed by atoms with Crippen molar-refractivity contribution in [1.29, 1.82) is 0 Å². The third-order valence-electron chi connectivity index (χ3n) is 3.06. The molecule has 112 valence electrons. The lowest BCUT2D eigenvalue weighted by Gasteiger charge is -2.00. The molecule has 1 aromatic heterocycles. The van der Waals surface area contributed by atoms with E-state index in [1.807, 2.05) is 18.2 Å². The summed E-state index contributed by atoms with van der Waals surface area (Å²) in [5.74, 6) is 0.571. The SMILES string of the molecule is CC(C)Cn1nc(CCC/C=C/c2ccccc2)oc1=O. The number of hydrogen-bond donors (Lipinski definition) is 0. The summed E-state index contributed by atoms with van der Waals surface area (Å²) >= 11 is 0. The van der Waals surface area contributed by atoms with Crippen LogP contribution in [-0.2, 0) is 13.0 Å². The average Bonchev–Trinajstić information content (AvgIpc) is 2.79. The van der Waals surface area contributed by atoms with Crippen molar-refractivity contribution < 1.29 is 4.42 Å². The molecule has 0 atom stereocenters. The molecule has 0 fully saturated rings. The molecule has 2 aromatic rings. The zero-order valence-electron chi connectivity index (χ0n) is 12.7. The standard InChI is InChI=1S/C17H22N2O2/c1-14(2)13-19-17(20)21-16(18-19)12-8-4-7-11-15-9-5-3-6-10-15/h3,5-7,9-11,14H,4,8,12-13H2,1-2H3/b11-7+. The highest BCUT2D eigenvalue weighted by molar-refractivity contribution is 5.48. The maximum Gasteiger partial charge on any atom is 0.437 e. The first kappa shape index (κ1) is 15.3. The van der Waals surface area contributed by atoms with E-state index in [0.717, 1.165) is 12.8 Å². The summed E-state index contributed by atoms with van der Waals surface area (Å²) in [5, 5.41) is 4.22. The zero-order valence-corrected chi connectivity index (χ0v) is 12.7. The van der Waals surface area contributed by atoms with E-state index >= 15 is 0 Å². The Kier molecular flexibility index (Phi) is 5.55. The summed E-state index contributed by atoms with van der Waals surface area (Å²) in [6.45, 7) is 4.71. The monoisotopic (exact) mass is 286 g/mol. The van der Waals surface area contributed by atoms with Crippen molar-refractivity contribution >= 4 is 6.08 Å². The molecule has 1 heterocycles. The predicted molar refractivity (Wildman–Crippen MR) is 84.0 cm³/mol. The van der Waals surface area contributed by atoms with E-state index in [9.17, 15) is 4.79 Å². The lowest BCUT2D eigenvalue weighted by atomic mass is 10.1. The van der Waals surface area contributed by atoms with Gasteiger partial charge in [0.1, 0.15) is 0 Å². The molecule has 4 heteroatoms. The zero-order chi connectivity index (χ0) is 15.1. The fraction of sp³-hybridized carbons (Fsp3) is 0.412. The summed E-state index contributed by atoms with van der Waals surface area (Å²) in [7, 11) is 0. The van der Waals surface area contributed by atoms with Gasteiger partial charge in [0.2, 0.25) is 5.89 Å². The van der Waals surface area contributed by atoms with Crippen LogP contribution < -0.4 is 5.76 Å². The van der Waals surface area contributed by atoms with Gasteiger partial charge in [-0.25, -0.2) is 4.79 Å². The smallest absolute Gasteiger partial charge is 0.392 e. The second kappa shape index (κ2) is 7.62. The minimum atomic E-state index is -0.349. The van der Waals surface area contributed by atoms with Gasteiger partial charge in [-0.3, -0.25) is 0 Å². The van der Waals surface area contributed by atoms with Crippen LogP contribution in [0, 0.1) is 5.92 Å². The molecule has 21 heavy (non-hydrogen) atoms. The Balaban J connectivity index is 1.79. The van der Waals surface area contributed by atoms with Gasteiger partial charge in [-0.2, -0.15) is 4.68 Å². The van der Waals surface area contributed by atoms with Crippen molar-refractivity contribution in [2.45, 2.75) is 39.7 Å². The molecule has 0 aliphatic rings. The molecule has 0 unspecified atom stereocenters. The van der Waals surface area contributed by atoms with E-state index < -0.39 is 0 Å². The number of benzene rings is 1. The van der Waals surface area contributed by atoms with Gasteiger partial charge in [0, 0.05) is 6.42 Å². The van der Waals surface area contributed by atoms with E-state index in [1.54, 1.807) is 0 Å². The van der Waals surface area contributed by atoms with Crippen LogP contribution in [0.2, 0.25) is 0 Å². The van der Waals surface area contributed by atoms with Crippen molar-refractivity contribution in [1.82, 2.24) is 9.78 Å². The molecule has 1 aromatic carbocycles. The molecule has 0 amide bonds. The fourth-order valence-electron chi connectivity index (χ4n) is 2.07. The number of aryl methyl sites for hydroxylation is 1. The Morgan fingerprint density at radius 1 is 1.29 bits per heavy atom. The number of rotatable bonds is 7. The van der Waals surface area contributed by atoms with E-state index in [-0.39, 0.29) is 5.76 Å². The normalized spacial score (nSPS) is 11.6. The van der Waals surface area contributed by atoms with Gasteiger partial charge in [-0.1, -0.05) is 56.3 Å². The highest BCUT2D eigenvalue weighted by Crippen LogP contribution is 2.05. The van der Waals surface area contributed by atoms with Crippen LogP contribution in [0.1, 0.15) is 38.1 Å². The first-order valence-electron chi connectivity index (χ1n) is 7.43. The number of nitrogens with zero attached hydrogens (tertiary/aromatic N) is 2. The highest BCUT2D eigenvalue weighted by Gasteiger charge is 2.08. The van der Waals surface area contributed by atoms with Crippen molar-refractivity contribution in [3.63, 3.8) is 0 Å². The molecular weight excluding hydrogens is 264 g/mol. The Labute approximate surface area is 125 Å². The van der Waals surface area contributed by atoms with Gasteiger partial charge in [0.15, 0.2) is 0 Å². The van der Waals surface area contributed by atoms with Gasteiger partial charge in [-0.05, 0) is 24.3 Å². The van der Waals surface area contributed by atoms with E-state index in [4.69, 9.17) is 4.42 Å². The Morgan fingerprint density at radius 3 is 2.76 bits per heavy atom. The van der Waals surface area contributed by atoms with Crippen molar-refractivity contribution in [3.8, 4) is 0 Å². The third-order valence-corrected chi connectivity index (χ3v) is 3.06. The third kappa shape index (κ3) is 5.06. The quantitative estimate of drug-likeness (QED) is 0.732. The van der Waals surface area contributed by atoms with Crippen LogP contribution in [0.3, 0.4) is 0 Å². The van der Waals surface area contributed by atoms with Gasteiger partial charge < -0.3 is 4.42 Å². The van der Waals surface area contributed by atoms with Gasteiger partial charge in [0.05, 0.1) is 6.54 Å². The average molecular weight is 286 g/mol. The summed E-state index contributed by atoms with van der Waals surface area (Å²) in [5.41, 5.74) is 1.20. The lowest BCUT2D eigenvalue weighted by molar-refractivity contribution is 0.419. The number of aromatic nitrogens is 2. The second-order valence-corrected chi connectivity index (χ2v) is 5.54. The molecule has 0 spiro atoms. The van der Waals surface area contributed by atoms with E-state index in [2.05, 4.69) is 43.2 Å². The molecule has 0 aliphatic heterocycles. The van der Waals surface area contributed by atoms with E-state index in [1.165, 1.54) is 10.2 Å². The summed E-state index contributed by atoms with van der Waals surface area (Å²) < 4.78 is 6.57. The summed E-state index contributed by atoms with van der Waals surface area (Å²) in [6, 6.07) is 10.2. The van der Waals surface area contributed by atoms with Crippen LogP contribution in [0.15, 0.2) is 45.6 Å². The minimum Gasteiger partial charge on any atom is -0.392 e. The van der Waals surface area contributed by atoms with Crippen LogP contribution >= 0.6 is 0 Å². The highest BCUT2D eigenvalue weighted by atomic mass is 16.4. The number of unbranched alkanes of at least 4 members (excludes halogenated alkanes) is 1. The Hall–Kier alpha value is -2.10.